The van der Waals surface area contributed by atoms with Gasteiger partial charge in [0.25, 0.3) is 5.56 Å². The second-order valence-corrected chi connectivity index (χ2v) is 8.44. The summed E-state index contributed by atoms with van der Waals surface area (Å²) in [7, 11) is 0. The normalized spacial score (nSPS) is 11.3. The van der Waals surface area contributed by atoms with E-state index < -0.39 is 5.69 Å². The number of H-pyrrole nitrogens is 1. The van der Waals surface area contributed by atoms with Crippen molar-refractivity contribution in [1.29, 1.82) is 0 Å². The average Bonchev–Trinajstić information content (AvgIpc) is 3.09. The van der Waals surface area contributed by atoms with Crippen molar-refractivity contribution in [2.24, 2.45) is 0 Å². The van der Waals surface area contributed by atoms with E-state index in [0.29, 0.717) is 28.5 Å². The third kappa shape index (κ3) is 4.11. The summed E-state index contributed by atoms with van der Waals surface area (Å²) in [6.45, 7) is 6.23. The second-order valence-electron chi connectivity index (χ2n) is 7.38. The van der Waals surface area contributed by atoms with Crippen LogP contribution in [-0.2, 0) is 13.0 Å². The van der Waals surface area contributed by atoms with Gasteiger partial charge in [-0.3, -0.25) is 14.3 Å². The lowest BCUT2D eigenvalue weighted by Gasteiger charge is -2.15. The molecule has 1 N–H and O–H groups in total. The first kappa shape index (κ1) is 20.2. The zero-order valence-electron chi connectivity index (χ0n) is 17.2. The number of oxazole rings is 1. The molecule has 30 heavy (non-hydrogen) atoms. The molecule has 7 heteroatoms. The molecule has 2 aromatic carbocycles. The molecule has 0 bridgehead atoms. The molecule has 0 aliphatic heterocycles. The number of nitrogens with zero attached hydrogens (tertiary/aromatic N) is 2. The van der Waals surface area contributed by atoms with E-state index in [4.69, 9.17) is 4.42 Å². The molecule has 0 amide bonds. The van der Waals surface area contributed by atoms with Crippen LogP contribution >= 0.6 is 11.8 Å². The van der Waals surface area contributed by atoms with Gasteiger partial charge in [0, 0.05) is 10.5 Å². The van der Waals surface area contributed by atoms with Gasteiger partial charge in [0.15, 0.2) is 5.58 Å². The number of para-hydroxylation sites is 2. The molecular weight excluding hydrogens is 398 g/mol. The number of nitrogens with one attached hydrogen (secondary N) is 1. The van der Waals surface area contributed by atoms with Crippen molar-refractivity contribution < 1.29 is 4.42 Å². The standard InChI is InChI=1S/C23H23N3O3S/c1-4-7-17-21(27)25-23(28)26(13-20-24-18-8-5-6-9-19(18)29-20)22(17)30-16-11-14(2)10-15(3)12-16/h5-6,8-12H,4,7,13H2,1-3H3,(H,25,27,28). The molecule has 0 spiro atoms. The number of fused-ring (bicyclic) bond motifs is 1. The number of benzene rings is 2. The number of aryl methyl sites for hydroxylation is 2. The Morgan fingerprint density at radius 2 is 1.83 bits per heavy atom. The van der Waals surface area contributed by atoms with Crippen molar-refractivity contribution in [3.8, 4) is 0 Å². The summed E-state index contributed by atoms with van der Waals surface area (Å²) in [6.07, 6.45) is 1.38. The zero-order valence-corrected chi connectivity index (χ0v) is 18.0. The van der Waals surface area contributed by atoms with Gasteiger partial charge in [-0.25, -0.2) is 9.78 Å². The van der Waals surface area contributed by atoms with E-state index in [1.807, 2.05) is 45.0 Å². The molecule has 0 saturated heterocycles. The van der Waals surface area contributed by atoms with Crippen molar-refractivity contribution in [1.82, 2.24) is 14.5 Å². The van der Waals surface area contributed by atoms with Gasteiger partial charge in [0.1, 0.15) is 12.1 Å². The van der Waals surface area contributed by atoms with E-state index in [1.165, 1.54) is 11.8 Å². The van der Waals surface area contributed by atoms with Crippen molar-refractivity contribution in [3.05, 3.63) is 85.9 Å². The monoisotopic (exact) mass is 421 g/mol. The molecule has 6 nitrogen and oxygen atoms in total. The third-order valence-electron chi connectivity index (χ3n) is 4.78. The van der Waals surface area contributed by atoms with Gasteiger partial charge in [0.2, 0.25) is 5.89 Å². The Kier molecular flexibility index (Phi) is 5.63. The van der Waals surface area contributed by atoms with Crippen LogP contribution in [0.15, 0.2) is 66.4 Å². The molecule has 0 unspecified atom stereocenters. The van der Waals surface area contributed by atoms with Crippen LogP contribution in [-0.4, -0.2) is 14.5 Å². The van der Waals surface area contributed by atoms with Gasteiger partial charge in [-0.1, -0.05) is 43.3 Å². The first-order valence-corrected chi connectivity index (χ1v) is 10.7. The topological polar surface area (TPSA) is 80.9 Å². The van der Waals surface area contributed by atoms with Gasteiger partial charge >= 0.3 is 5.69 Å². The summed E-state index contributed by atoms with van der Waals surface area (Å²) in [5, 5.41) is 0.637. The van der Waals surface area contributed by atoms with Crippen molar-refractivity contribution in [2.75, 3.05) is 0 Å². The molecule has 0 aliphatic carbocycles. The molecule has 154 valence electrons. The first-order valence-electron chi connectivity index (χ1n) is 9.91. The molecule has 4 aromatic rings. The summed E-state index contributed by atoms with van der Waals surface area (Å²) >= 11 is 1.44. The predicted molar refractivity (Wildman–Crippen MR) is 118 cm³/mol. The highest BCUT2D eigenvalue weighted by atomic mass is 32.2. The third-order valence-corrected chi connectivity index (χ3v) is 5.92. The minimum atomic E-state index is -0.464. The maximum absolute atomic E-state index is 12.8. The van der Waals surface area contributed by atoms with E-state index in [9.17, 15) is 9.59 Å². The quantitative estimate of drug-likeness (QED) is 0.465. The zero-order chi connectivity index (χ0) is 21.3. The number of hydrogen-bond donors (Lipinski definition) is 1. The van der Waals surface area contributed by atoms with E-state index in [2.05, 4.69) is 28.2 Å². The number of hydrogen-bond acceptors (Lipinski definition) is 5. The summed E-state index contributed by atoms with van der Waals surface area (Å²) in [6, 6.07) is 13.7. The maximum Gasteiger partial charge on any atom is 0.329 e. The van der Waals surface area contributed by atoms with Gasteiger partial charge < -0.3 is 4.42 Å². The lowest BCUT2D eigenvalue weighted by molar-refractivity contribution is 0.483. The molecule has 4 rings (SSSR count). The SMILES string of the molecule is CCCc1c(Sc2cc(C)cc(C)c2)n(Cc2nc3ccccc3o2)c(=O)[nH]c1=O. The van der Waals surface area contributed by atoms with Crippen LogP contribution in [0.2, 0.25) is 0 Å². The smallest absolute Gasteiger partial charge is 0.329 e. The molecule has 0 radical (unpaired) electrons. The predicted octanol–water partition coefficient (Wildman–Crippen LogP) is 4.45. The summed E-state index contributed by atoms with van der Waals surface area (Å²) in [5.41, 5.74) is 3.48. The van der Waals surface area contributed by atoms with E-state index in [-0.39, 0.29) is 12.1 Å². The Hall–Kier alpha value is -3.06. The Morgan fingerprint density at radius 3 is 2.53 bits per heavy atom. The van der Waals surface area contributed by atoms with Gasteiger partial charge in [-0.05, 0) is 55.7 Å². The van der Waals surface area contributed by atoms with Crippen LogP contribution in [0.25, 0.3) is 11.1 Å². The molecule has 0 atom stereocenters. The van der Waals surface area contributed by atoms with Gasteiger partial charge in [-0.15, -0.1) is 0 Å². The van der Waals surface area contributed by atoms with Crippen LogP contribution in [0.3, 0.4) is 0 Å². The van der Waals surface area contributed by atoms with Crippen LogP contribution < -0.4 is 11.2 Å². The highest BCUT2D eigenvalue weighted by Gasteiger charge is 2.18. The first-order chi connectivity index (χ1) is 14.4. The van der Waals surface area contributed by atoms with Gasteiger partial charge in [0.05, 0.1) is 5.03 Å². The maximum atomic E-state index is 12.8. The van der Waals surface area contributed by atoms with E-state index in [1.54, 1.807) is 4.57 Å². The van der Waals surface area contributed by atoms with Crippen LogP contribution in [0.1, 0.15) is 35.9 Å². The Labute approximate surface area is 178 Å². The molecule has 0 aliphatic rings. The molecule has 0 saturated carbocycles. The lowest BCUT2D eigenvalue weighted by Crippen LogP contribution is -2.34. The molecule has 2 aromatic heterocycles. The highest BCUT2D eigenvalue weighted by Crippen LogP contribution is 2.31. The van der Waals surface area contributed by atoms with Crippen LogP contribution in [0, 0.1) is 13.8 Å². The van der Waals surface area contributed by atoms with Crippen molar-refractivity contribution in [3.63, 3.8) is 0 Å². The molecule has 0 fully saturated rings. The summed E-state index contributed by atoms with van der Waals surface area (Å²) < 4.78 is 7.38. The fraction of sp³-hybridized carbons (Fsp3) is 0.261. The summed E-state index contributed by atoms with van der Waals surface area (Å²) in [5.74, 6) is 0.426. The van der Waals surface area contributed by atoms with Crippen molar-refractivity contribution in [2.45, 2.75) is 50.1 Å². The van der Waals surface area contributed by atoms with E-state index >= 15 is 0 Å². The Morgan fingerprint density at radius 1 is 1.10 bits per heavy atom. The van der Waals surface area contributed by atoms with Crippen LogP contribution in [0.5, 0.6) is 0 Å². The Balaban J connectivity index is 1.84. The minimum Gasteiger partial charge on any atom is -0.439 e. The minimum absolute atomic E-state index is 0.147. The number of rotatable bonds is 6. The molecular formula is C23H23N3O3S. The van der Waals surface area contributed by atoms with Gasteiger partial charge in [-0.2, -0.15) is 0 Å². The fourth-order valence-electron chi connectivity index (χ4n) is 3.55. The van der Waals surface area contributed by atoms with Crippen LogP contribution in [0.4, 0.5) is 0 Å². The number of aromatic amines is 1. The highest BCUT2D eigenvalue weighted by molar-refractivity contribution is 7.99. The van der Waals surface area contributed by atoms with Crippen molar-refractivity contribution >= 4 is 22.9 Å². The summed E-state index contributed by atoms with van der Waals surface area (Å²) in [4.78, 5) is 33.3. The fourth-order valence-corrected chi connectivity index (χ4v) is 4.84. The largest absolute Gasteiger partial charge is 0.439 e. The second kappa shape index (κ2) is 8.36. The lowest BCUT2D eigenvalue weighted by atomic mass is 10.2. The Bertz CT molecular complexity index is 1280. The number of aromatic nitrogens is 3. The molecule has 2 heterocycles. The average molecular weight is 422 g/mol. The van der Waals surface area contributed by atoms with E-state index in [0.717, 1.165) is 28.0 Å².